The number of Topliss-reactive ketones (excluding diaryl/α,β-unsaturated/α-hetero) is 1. The molecule has 174 valence electrons. The maximum Gasteiger partial charge on any atom is 0.300 e. The van der Waals surface area contributed by atoms with E-state index in [1.807, 2.05) is 13.0 Å². The van der Waals surface area contributed by atoms with Crippen LogP contribution in [0.15, 0.2) is 66.2 Å². The number of aliphatic hydroxyl groups is 1. The summed E-state index contributed by atoms with van der Waals surface area (Å²) in [5.74, 6) is -3.98. The Balaban J connectivity index is 1.97. The smallest absolute Gasteiger partial charge is 0.300 e. The van der Waals surface area contributed by atoms with Crippen molar-refractivity contribution < 1.29 is 28.2 Å². The summed E-state index contributed by atoms with van der Waals surface area (Å²) in [7, 11) is 0. The molecule has 0 radical (unpaired) electrons. The predicted octanol–water partition coefficient (Wildman–Crippen LogP) is 5.95. The van der Waals surface area contributed by atoms with Crippen LogP contribution in [0.25, 0.3) is 5.76 Å². The van der Waals surface area contributed by atoms with Gasteiger partial charge in [-0.15, -0.1) is 0 Å². The summed E-state index contributed by atoms with van der Waals surface area (Å²) < 4.78 is 34.2. The number of ketones is 1. The summed E-state index contributed by atoms with van der Waals surface area (Å²) in [5.41, 5.74) is 0.780. The molecule has 1 heterocycles. The van der Waals surface area contributed by atoms with Crippen molar-refractivity contribution >= 4 is 34.7 Å². The molecule has 3 aromatic rings. The third-order valence-electron chi connectivity index (χ3n) is 5.47. The molecule has 0 aliphatic carbocycles. The van der Waals surface area contributed by atoms with Crippen molar-refractivity contribution in [3.63, 3.8) is 0 Å². The number of carbonyl (C=O) groups is 2. The highest BCUT2D eigenvalue weighted by Gasteiger charge is 2.47. The van der Waals surface area contributed by atoms with E-state index in [1.165, 1.54) is 18.2 Å². The maximum absolute atomic E-state index is 14.7. The van der Waals surface area contributed by atoms with E-state index in [9.17, 15) is 23.5 Å². The lowest BCUT2D eigenvalue weighted by Gasteiger charge is -2.26. The molecule has 1 atom stereocenters. The number of hydrogen-bond acceptors (Lipinski definition) is 4. The highest BCUT2D eigenvalue weighted by atomic mass is 35.5. The number of nitrogens with zero attached hydrogens (tertiary/aromatic N) is 1. The maximum atomic E-state index is 14.7. The lowest BCUT2D eigenvalue weighted by molar-refractivity contribution is -0.132. The Kier molecular flexibility index (Phi) is 6.39. The van der Waals surface area contributed by atoms with Gasteiger partial charge in [0.2, 0.25) is 0 Å². The summed E-state index contributed by atoms with van der Waals surface area (Å²) in [5, 5.41) is 11.5. The van der Waals surface area contributed by atoms with Crippen LogP contribution in [0.2, 0.25) is 5.02 Å². The van der Waals surface area contributed by atoms with Crippen LogP contribution in [-0.2, 0) is 9.59 Å². The summed E-state index contributed by atoms with van der Waals surface area (Å²) in [4.78, 5) is 27.1. The lowest BCUT2D eigenvalue weighted by atomic mass is 9.94. The van der Waals surface area contributed by atoms with Gasteiger partial charge in [0.25, 0.3) is 11.7 Å². The van der Waals surface area contributed by atoms with Crippen molar-refractivity contribution in [3.8, 4) is 5.75 Å². The van der Waals surface area contributed by atoms with E-state index in [4.69, 9.17) is 16.3 Å². The molecule has 5 nitrogen and oxygen atoms in total. The molecule has 1 amide bonds. The average molecular weight is 484 g/mol. The molecule has 1 fully saturated rings. The number of rotatable bonds is 5. The lowest BCUT2D eigenvalue weighted by Crippen LogP contribution is -2.30. The fourth-order valence-corrected chi connectivity index (χ4v) is 4.15. The van der Waals surface area contributed by atoms with E-state index < -0.39 is 40.8 Å². The molecule has 3 aromatic carbocycles. The van der Waals surface area contributed by atoms with Gasteiger partial charge >= 0.3 is 0 Å². The average Bonchev–Trinajstić information content (AvgIpc) is 3.07. The normalized spacial score (nSPS) is 17.3. The molecule has 1 aliphatic rings. The molecular weight excluding hydrogens is 464 g/mol. The van der Waals surface area contributed by atoms with Gasteiger partial charge in [-0.25, -0.2) is 8.78 Å². The molecule has 1 saturated heterocycles. The molecule has 0 bridgehead atoms. The van der Waals surface area contributed by atoms with Crippen molar-refractivity contribution in [2.75, 3.05) is 11.5 Å². The Hall–Kier alpha value is -3.71. The number of ether oxygens (including phenoxy) is 1. The van der Waals surface area contributed by atoms with Crippen LogP contribution in [0, 0.1) is 18.6 Å². The summed E-state index contributed by atoms with van der Waals surface area (Å²) in [6, 6.07) is 12.7. The Morgan fingerprint density at radius 1 is 1.09 bits per heavy atom. The standard InChI is InChI=1S/C26H20ClF2NO4/c1-3-34-21-12-16(7-9-18(21)27)24(31)22-23(15-6-4-5-14(2)11-15)30(26(33)25(22)32)20-13-17(28)8-10-19(20)29/h4-13,23,31H,3H2,1-2H3/b24-22+. The van der Waals surface area contributed by atoms with Gasteiger partial charge in [0, 0.05) is 11.6 Å². The molecule has 0 aromatic heterocycles. The highest BCUT2D eigenvalue weighted by Crippen LogP contribution is 2.43. The van der Waals surface area contributed by atoms with Gasteiger partial charge < -0.3 is 9.84 Å². The molecule has 1 N–H and O–H groups in total. The number of benzene rings is 3. The fraction of sp³-hybridized carbons (Fsp3) is 0.154. The van der Waals surface area contributed by atoms with E-state index in [2.05, 4.69) is 0 Å². The van der Waals surface area contributed by atoms with Gasteiger partial charge in [0.1, 0.15) is 23.1 Å². The summed E-state index contributed by atoms with van der Waals surface area (Å²) >= 11 is 6.14. The molecule has 1 aliphatic heterocycles. The molecule has 4 rings (SSSR count). The molecule has 0 spiro atoms. The van der Waals surface area contributed by atoms with Gasteiger partial charge in [-0.05, 0) is 49.7 Å². The number of hydrogen-bond donors (Lipinski definition) is 1. The van der Waals surface area contributed by atoms with E-state index in [0.29, 0.717) is 17.2 Å². The van der Waals surface area contributed by atoms with Gasteiger partial charge in [-0.1, -0.05) is 41.4 Å². The first-order valence-electron chi connectivity index (χ1n) is 10.5. The van der Waals surface area contributed by atoms with Crippen molar-refractivity contribution in [1.29, 1.82) is 0 Å². The second-order valence-electron chi connectivity index (χ2n) is 7.76. The predicted molar refractivity (Wildman–Crippen MR) is 125 cm³/mol. The Morgan fingerprint density at radius 2 is 1.85 bits per heavy atom. The first-order valence-corrected chi connectivity index (χ1v) is 10.9. The molecule has 8 heteroatoms. The van der Waals surface area contributed by atoms with E-state index >= 15 is 0 Å². The van der Waals surface area contributed by atoms with Gasteiger partial charge in [0.15, 0.2) is 0 Å². The topological polar surface area (TPSA) is 66.8 Å². The number of aryl methyl sites for hydroxylation is 1. The van der Waals surface area contributed by atoms with Crippen molar-refractivity contribution in [2.45, 2.75) is 19.9 Å². The number of amides is 1. The van der Waals surface area contributed by atoms with Crippen LogP contribution < -0.4 is 9.64 Å². The third kappa shape index (κ3) is 4.15. The van der Waals surface area contributed by atoms with Gasteiger partial charge in [0.05, 0.1) is 28.9 Å². The zero-order chi connectivity index (χ0) is 24.6. The Morgan fingerprint density at radius 3 is 2.56 bits per heavy atom. The van der Waals surface area contributed by atoms with Crippen LogP contribution in [0.4, 0.5) is 14.5 Å². The van der Waals surface area contributed by atoms with Crippen molar-refractivity contribution in [1.82, 2.24) is 0 Å². The van der Waals surface area contributed by atoms with Crippen LogP contribution in [-0.4, -0.2) is 23.4 Å². The number of aliphatic hydroxyl groups excluding tert-OH is 1. The monoisotopic (exact) mass is 483 g/mol. The molecular formula is C26H20ClF2NO4. The van der Waals surface area contributed by atoms with E-state index in [0.717, 1.165) is 28.7 Å². The second kappa shape index (κ2) is 9.27. The number of anilines is 1. The first kappa shape index (κ1) is 23.4. The minimum atomic E-state index is -1.19. The van der Waals surface area contributed by atoms with Crippen LogP contribution >= 0.6 is 11.6 Å². The van der Waals surface area contributed by atoms with Crippen LogP contribution in [0.3, 0.4) is 0 Å². The molecule has 34 heavy (non-hydrogen) atoms. The third-order valence-corrected chi connectivity index (χ3v) is 5.79. The fourth-order valence-electron chi connectivity index (χ4n) is 3.98. The van der Waals surface area contributed by atoms with Crippen LogP contribution in [0.5, 0.6) is 5.75 Å². The Labute approximate surface area is 199 Å². The summed E-state index contributed by atoms with van der Waals surface area (Å²) in [6.45, 7) is 3.89. The van der Waals surface area contributed by atoms with Crippen molar-refractivity contribution in [3.05, 3.63) is 99.6 Å². The first-order chi connectivity index (χ1) is 16.2. The molecule has 1 unspecified atom stereocenters. The quantitative estimate of drug-likeness (QED) is 0.276. The van der Waals surface area contributed by atoms with E-state index in [-0.39, 0.29) is 16.9 Å². The second-order valence-corrected chi connectivity index (χ2v) is 8.16. The van der Waals surface area contributed by atoms with Crippen LogP contribution in [0.1, 0.15) is 29.7 Å². The highest BCUT2D eigenvalue weighted by molar-refractivity contribution is 6.51. The minimum absolute atomic E-state index is 0.184. The number of halogens is 3. The SMILES string of the molecule is CCOc1cc(/C(O)=C2\C(=O)C(=O)N(c3cc(F)ccc3F)C2c2cccc(C)c2)ccc1Cl. The largest absolute Gasteiger partial charge is 0.507 e. The minimum Gasteiger partial charge on any atom is -0.507 e. The van der Waals surface area contributed by atoms with E-state index in [1.54, 1.807) is 25.1 Å². The van der Waals surface area contributed by atoms with Gasteiger partial charge in [-0.3, -0.25) is 14.5 Å². The Bertz CT molecular complexity index is 1340. The zero-order valence-electron chi connectivity index (χ0n) is 18.3. The van der Waals surface area contributed by atoms with Crippen molar-refractivity contribution in [2.24, 2.45) is 0 Å². The van der Waals surface area contributed by atoms with Gasteiger partial charge in [-0.2, -0.15) is 0 Å². The summed E-state index contributed by atoms with van der Waals surface area (Å²) in [6.07, 6.45) is 0. The zero-order valence-corrected chi connectivity index (χ0v) is 19.1. The number of carbonyl (C=O) groups excluding carboxylic acids is 2. The molecule has 0 saturated carbocycles.